The topological polar surface area (TPSA) is 49.3 Å². The van der Waals surface area contributed by atoms with Crippen molar-refractivity contribution in [2.75, 3.05) is 0 Å². The normalized spacial score (nSPS) is 13.3. The van der Waals surface area contributed by atoms with Gasteiger partial charge in [-0.25, -0.2) is 0 Å². The van der Waals surface area contributed by atoms with Gasteiger partial charge in [0.25, 0.3) is 0 Å². The summed E-state index contributed by atoms with van der Waals surface area (Å²) in [7, 11) is 0. The lowest BCUT2D eigenvalue weighted by Gasteiger charge is -2.30. The molecule has 0 aromatic heterocycles. The van der Waals surface area contributed by atoms with E-state index in [0.717, 1.165) is 22.3 Å². The van der Waals surface area contributed by atoms with Crippen molar-refractivity contribution in [1.29, 1.82) is 0 Å². The Morgan fingerprint density at radius 1 is 0.889 bits per heavy atom. The minimum atomic E-state index is -0.258. The molecule has 0 fully saturated rings. The first-order valence-electron chi connectivity index (χ1n) is 9.52. The maximum Gasteiger partial charge on any atom is 0.217 e. The molecule has 146 valence electrons. The Balaban J connectivity index is 2.74. The summed E-state index contributed by atoms with van der Waals surface area (Å²) in [4.78, 5) is 11.9. The number of carbonyl (C=O) groups excluding carboxylic acids is 1. The number of aromatic hydroxyl groups is 1. The summed E-state index contributed by atoms with van der Waals surface area (Å²) in [5, 5.41) is 14.1. The second-order valence-corrected chi connectivity index (χ2v) is 9.51. The number of carbonyl (C=O) groups is 1. The molecule has 1 amide bonds. The van der Waals surface area contributed by atoms with E-state index in [1.165, 1.54) is 12.5 Å². The first-order valence-corrected chi connectivity index (χ1v) is 9.52. The van der Waals surface area contributed by atoms with Gasteiger partial charge >= 0.3 is 0 Å². The van der Waals surface area contributed by atoms with Crippen LogP contribution in [0.3, 0.4) is 0 Å². The van der Waals surface area contributed by atoms with E-state index in [0.29, 0.717) is 5.75 Å². The fourth-order valence-electron chi connectivity index (χ4n) is 3.29. The van der Waals surface area contributed by atoms with Crippen molar-refractivity contribution in [2.24, 2.45) is 0 Å². The molecule has 2 aromatic rings. The van der Waals surface area contributed by atoms with Crippen molar-refractivity contribution < 1.29 is 9.90 Å². The average molecular weight is 368 g/mol. The van der Waals surface area contributed by atoms with Gasteiger partial charge in [0, 0.05) is 6.92 Å². The van der Waals surface area contributed by atoms with Crippen molar-refractivity contribution in [3.63, 3.8) is 0 Å². The fraction of sp³-hybridized carbons (Fsp3) is 0.458. The first-order chi connectivity index (χ1) is 12.3. The van der Waals surface area contributed by atoms with Crippen molar-refractivity contribution in [2.45, 2.75) is 72.3 Å². The van der Waals surface area contributed by atoms with Crippen LogP contribution in [0.25, 0.3) is 0 Å². The minimum Gasteiger partial charge on any atom is -0.507 e. The third-order valence-electron chi connectivity index (χ3n) is 4.84. The number of hydrogen-bond donors (Lipinski definition) is 2. The van der Waals surface area contributed by atoms with Crippen molar-refractivity contribution >= 4 is 5.91 Å². The molecule has 3 heteroatoms. The summed E-state index contributed by atoms with van der Waals surface area (Å²) in [5.41, 5.74) is 4.56. The van der Waals surface area contributed by atoms with E-state index in [9.17, 15) is 9.90 Å². The monoisotopic (exact) mass is 367 g/mol. The van der Waals surface area contributed by atoms with Crippen LogP contribution in [-0.2, 0) is 15.6 Å². The number of phenolic OH excluding ortho intramolecular Hbond substituents is 1. The maximum absolute atomic E-state index is 11.9. The Morgan fingerprint density at radius 2 is 1.33 bits per heavy atom. The zero-order chi connectivity index (χ0) is 20.6. The van der Waals surface area contributed by atoms with Crippen LogP contribution < -0.4 is 5.32 Å². The Bertz CT molecular complexity index is 786. The number of nitrogens with one attached hydrogen (secondary N) is 1. The molecule has 0 heterocycles. The quantitative estimate of drug-likeness (QED) is 0.750. The zero-order valence-electron chi connectivity index (χ0n) is 17.9. The molecule has 3 nitrogen and oxygen atoms in total. The van der Waals surface area contributed by atoms with E-state index in [4.69, 9.17) is 0 Å². The van der Waals surface area contributed by atoms with Gasteiger partial charge in [-0.1, -0.05) is 71.4 Å². The highest BCUT2D eigenvalue weighted by atomic mass is 16.3. The standard InChI is InChI=1S/C24H33NO2/c1-15-9-11-17(12-10-15)21(25-16(2)26)18-13-19(23(3,4)5)22(27)20(14-18)24(6,7)8/h9-14,21,27H,1-8H3,(H,25,26). The molecule has 1 atom stereocenters. The van der Waals surface area contributed by atoms with Crippen LogP contribution >= 0.6 is 0 Å². The van der Waals surface area contributed by atoms with Crippen LogP contribution in [0, 0.1) is 6.92 Å². The Hall–Kier alpha value is -2.29. The molecule has 2 aromatic carbocycles. The Labute approximate surface area is 163 Å². The molecule has 1 unspecified atom stereocenters. The highest BCUT2D eigenvalue weighted by molar-refractivity contribution is 5.74. The van der Waals surface area contributed by atoms with Crippen LogP contribution in [0.4, 0.5) is 0 Å². The minimum absolute atomic E-state index is 0.0803. The van der Waals surface area contributed by atoms with Crippen molar-refractivity contribution in [1.82, 2.24) is 5.32 Å². The van der Waals surface area contributed by atoms with E-state index in [1.807, 2.05) is 19.1 Å². The molecule has 0 bridgehead atoms. The van der Waals surface area contributed by atoms with Gasteiger partial charge in [-0.2, -0.15) is 0 Å². The fourth-order valence-corrected chi connectivity index (χ4v) is 3.29. The van der Waals surface area contributed by atoms with E-state index in [-0.39, 0.29) is 22.8 Å². The number of amides is 1. The Morgan fingerprint density at radius 3 is 1.70 bits per heavy atom. The highest BCUT2D eigenvalue weighted by Crippen LogP contribution is 2.41. The number of benzene rings is 2. The molecular weight excluding hydrogens is 334 g/mol. The third-order valence-corrected chi connectivity index (χ3v) is 4.84. The second kappa shape index (κ2) is 7.38. The van der Waals surface area contributed by atoms with E-state index in [1.54, 1.807) is 0 Å². The SMILES string of the molecule is CC(=O)NC(c1ccc(C)cc1)c1cc(C(C)(C)C)c(O)c(C(C)(C)C)c1. The van der Waals surface area contributed by atoms with Crippen molar-refractivity contribution in [3.8, 4) is 5.75 Å². The summed E-state index contributed by atoms with van der Waals surface area (Å²) in [5.74, 6) is 0.271. The van der Waals surface area contributed by atoms with Gasteiger partial charge in [0.05, 0.1) is 6.04 Å². The lowest BCUT2D eigenvalue weighted by molar-refractivity contribution is -0.119. The predicted molar refractivity (Wildman–Crippen MR) is 112 cm³/mol. The highest BCUT2D eigenvalue weighted by Gasteiger charge is 2.28. The van der Waals surface area contributed by atoms with Crippen LogP contribution in [0.5, 0.6) is 5.75 Å². The summed E-state index contributed by atoms with van der Waals surface area (Å²) in [6, 6.07) is 12.0. The van der Waals surface area contributed by atoms with Crippen molar-refractivity contribution in [3.05, 3.63) is 64.2 Å². The second-order valence-electron chi connectivity index (χ2n) is 9.51. The van der Waals surface area contributed by atoms with Gasteiger partial charge in [-0.3, -0.25) is 4.79 Å². The number of rotatable bonds is 3. The molecule has 0 saturated heterocycles. The summed E-state index contributed by atoms with van der Waals surface area (Å²) in [6.07, 6.45) is 0. The lowest BCUT2D eigenvalue weighted by atomic mass is 9.77. The molecule has 2 N–H and O–H groups in total. The van der Waals surface area contributed by atoms with Gasteiger partial charge in [0.2, 0.25) is 5.91 Å². The molecular formula is C24H33NO2. The van der Waals surface area contributed by atoms with Gasteiger partial charge in [-0.15, -0.1) is 0 Å². The molecule has 27 heavy (non-hydrogen) atoms. The summed E-state index contributed by atoms with van der Waals surface area (Å²) < 4.78 is 0. The van der Waals surface area contributed by atoms with Crippen LogP contribution in [0.15, 0.2) is 36.4 Å². The molecule has 2 rings (SSSR count). The lowest BCUT2D eigenvalue weighted by Crippen LogP contribution is -2.28. The third kappa shape index (κ3) is 4.91. The molecule has 0 aliphatic carbocycles. The van der Waals surface area contributed by atoms with E-state index >= 15 is 0 Å². The number of phenols is 1. The largest absolute Gasteiger partial charge is 0.507 e. The summed E-state index contributed by atoms with van der Waals surface area (Å²) >= 11 is 0. The number of aryl methyl sites for hydroxylation is 1. The molecule has 0 aliphatic heterocycles. The molecule has 0 radical (unpaired) electrons. The first kappa shape index (κ1) is 21.0. The zero-order valence-corrected chi connectivity index (χ0v) is 17.9. The van der Waals surface area contributed by atoms with E-state index in [2.05, 4.69) is 71.1 Å². The molecule has 0 saturated carbocycles. The van der Waals surface area contributed by atoms with Gasteiger partial charge < -0.3 is 10.4 Å². The van der Waals surface area contributed by atoms with E-state index < -0.39 is 0 Å². The van der Waals surface area contributed by atoms with Gasteiger partial charge in [0.1, 0.15) is 5.75 Å². The Kier molecular flexibility index (Phi) is 5.74. The van der Waals surface area contributed by atoms with Gasteiger partial charge in [-0.05, 0) is 52.1 Å². The van der Waals surface area contributed by atoms with Crippen LogP contribution in [0.2, 0.25) is 0 Å². The smallest absolute Gasteiger partial charge is 0.217 e. The summed E-state index contributed by atoms with van der Waals surface area (Å²) in [6.45, 7) is 16.2. The average Bonchev–Trinajstić information content (AvgIpc) is 2.51. The maximum atomic E-state index is 11.9. The van der Waals surface area contributed by atoms with Crippen LogP contribution in [0.1, 0.15) is 82.3 Å². The molecule has 0 aliphatic rings. The number of hydrogen-bond acceptors (Lipinski definition) is 2. The predicted octanol–water partition coefficient (Wildman–Crippen LogP) is 5.52. The van der Waals surface area contributed by atoms with Gasteiger partial charge in [0.15, 0.2) is 0 Å². The van der Waals surface area contributed by atoms with Crippen LogP contribution in [-0.4, -0.2) is 11.0 Å². The molecule has 0 spiro atoms.